The number of nitrogens with zero attached hydrogens (tertiary/aromatic N) is 1. The van der Waals surface area contributed by atoms with Crippen LogP contribution in [0.1, 0.15) is 34.8 Å². The molecule has 1 aliphatic rings. The molecular formula is C15H15FN2OS. The van der Waals surface area contributed by atoms with Gasteiger partial charge in [0.05, 0.1) is 17.3 Å². The summed E-state index contributed by atoms with van der Waals surface area (Å²) in [5, 5.41) is 4.07. The average molecular weight is 290 g/mol. The number of hydrogen-bond acceptors (Lipinski definition) is 3. The highest BCUT2D eigenvalue weighted by atomic mass is 32.1. The summed E-state index contributed by atoms with van der Waals surface area (Å²) in [6.07, 6.45) is 1.90. The van der Waals surface area contributed by atoms with Gasteiger partial charge in [-0.15, -0.1) is 0 Å². The van der Waals surface area contributed by atoms with Crippen LogP contribution in [-0.4, -0.2) is 17.4 Å². The fourth-order valence-corrected chi connectivity index (χ4v) is 3.41. The van der Waals surface area contributed by atoms with Crippen LogP contribution in [0.25, 0.3) is 0 Å². The molecule has 1 aromatic carbocycles. The Kier molecular flexibility index (Phi) is 3.44. The molecule has 1 unspecified atom stereocenters. The summed E-state index contributed by atoms with van der Waals surface area (Å²) >= 11 is 1.62. The van der Waals surface area contributed by atoms with Gasteiger partial charge in [0.15, 0.2) is 0 Å². The van der Waals surface area contributed by atoms with E-state index in [1.165, 1.54) is 12.1 Å². The van der Waals surface area contributed by atoms with Crippen LogP contribution < -0.4 is 5.73 Å². The van der Waals surface area contributed by atoms with E-state index in [1.54, 1.807) is 22.3 Å². The number of halogens is 1. The van der Waals surface area contributed by atoms with Crippen molar-refractivity contribution in [1.82, 2.24) is 4.90 Å². The van der Waals surface area contributed by atoms with Crippen molar-refractivity contribution < 1.29 is 9.18 Å². The van der Waals surface area contributed by atoms with Crippen LogP contribution in [0.5, 0.6) is 0 Å². The number of nitrogens with two attached hydrogens (primary N) is 1. The predicted molar refractivity (Wildman–Crippen MR) is 78.1 cm³/mol. The molecule has 0 radical (unpaired) electrons. The fraction of sp³-hybridized carbons (Fsp3) is 0.267. The summed E-state index contributed by atoms with van der Waals surface area (Å²) in [7, 11) is 0. The van der Waals surface area contributed by atoms with Crippen LogP contribution >= 0.6 is 11.3 Å². The van der Waals surface area contributed by atoms with Crippen LogP contribution in [0.4, 0.5) is 10.1 Å². The average Bonchev–Trinajstić information content (AvgIpc) is 3.10. The summed E-state index contributed by atoms with van der Waals surface area (Å²) < 4.78 is 13.5. The molecule has 0 spiro atoms. The molecule has 2 heterocycles. The molecule has 1 atom stereocenters. The van der Waals surface area contributed by atoms with Gasteiger partial charge in [0.25, 0.3) is 5.91 Å². The normalized spacial score (nSPS) is 18.4. The molecule has 1 fully saturated rings. The zero-order valence-electron chi connectivity index (χ0n) is 10.9. The number of nitrogen functional groups attached to an aromatic ring is 1. The van der Waals surface area contributed by atoms with E-state index in [-0.39, 0.29) is 23.2 Å². The van der Waals surface area contributed by atoms with Crippen LogP contribution in [0.3, 0.4) is 0 Å². The molecule has 0 bridgehead atoms. The molecule has 3 rings (SSSR count). The molecular weight excluding hydrogens is 275 g/mol. The smallest absolute Gasteiger partial charge is 0.256 e. The summed E-state index contributed by atoms with van der Waals surface area (Å²) in [6.45, 7) is 0.690. The Morgan fingerprint density at radius 2 is 2.25 bits per heavy atom. The standard InChI is InChI=1S/C15H15FN2OS/c16-12-4-1-3-11(14(12)17)15(19)18-7-2-5-13(18)10-6-8-20-9-10/h1,3-4,6,8-9,13H,2,5,7,17H2. The second-order valence-electron chi connectivity index (χ2n) is 4.91. The number of para-hydroxylation sites is 1. The lowest BCUT2D eigenvalue weighted by molar-refractivity contribution is 0.0736. The first-order chi connectivity index (χ1) is 9.68. The number of amides is 1. The topological polar surface area (TPSA) is 46.3 Å². The third-order valence-corrected chi connectivity index (χ3v) is 4.43. The molecule has 1 saturated heterocycles. The van der Waals surface area contributed by atoms with Crippen LogP contribution in [-0.2, 0) is 0 Å². The fourth-order valence-electron chi connectivity index (χ4n) is 2.70. The van der Waals surface area contributed by atoms with Crippen molar-refractivity contribution in [2.45, 2.75) is 18.9 Å². The molecule has 1 aromatic heterocycles. The molecule has 5 heteroatoms. The van der Waals surface area contributed by atoms with Gasteiger partial charge in [-0.25, -0.2) is 4.39 Å². The zero-order valence-corrected chi connectivity index (χ0v) is 11.7. The number of carbonyl (C=O) groups excluding carboxylic acids is 1. The molecule has 2 N–H and O–H groups in total. The Hall–Kier alpha value is -1.88. The predicted octanol–water partition coefficient (Wildman–Crippen LogP) is 3.45. The number of thiophene rings is 1. The van der Waals surface area contributed by atoms with E-state index in [9.17, 15) is 9.18 Å². The SMILES string of the molecule is Nc1c(F)cccc1C(=O)N1CCCC1c1ccsc1. The Labute approximate surface area is 120 Å². The molecule has 0 aliphatic carbocycles. The first-order valence-electron chi connectivity index (χ1n) is 6.55. The number of hydrogen-bond donors (Lipinski definition) is 1. The van der Waals surface area contributed by atoms with Gasteiger partial charge in [0, 0.05) is 6.54 Å². The van der Waals surface area contributed by atoms with E-state index in [0.29, 0.717) is 6.54 Å². The van der Waals surface area contributed by atoms with Gasteiger partial charge < -0.3 is 10.6 Å². The van der Waals surface area contributed by atoms with Crippen molar-refractivity contribution in [2.75, 3.05) is 12.3 Å². The van der Waals surface area contributed by atoms with Crippen molar-refractivity contribution in [1.29, 1.82) is 0 Å². The van der Waals surface area contributed by atoms with Gasteiger partial charge in [-0.1, -0.05) is 6.07 Å². The first kappa shape index (κ1) is 13.1. The van der Waals surface area contributed by atoms with Crippen molar-refractivity contribution in [2.24, 2.45) is 0 Å². The summed E-state index contributed by atoms with van der Waals surface area (Å²) in [5.74, 6) is -0.724. The van der Waals surface area contributed by atoms with Crippen LogP contribution in [0.2, 0.25) is 0 Å². The molecule has 2 aromatic rings. The molecule has 1 aliphatic heterocycles. The Morgan fingerprint density at radius 1 is 1.40 bits per heavy atom. The zero-order chi connectivity index (χ0) is 14.1. The van der Waals surface area contributed by atoms with Crippen molar-refractivity contribution in [3.8, 4) is 0 Å². The minimum atomic E-state index is -0.540. The van der Waals surface area contributed by atoms with Crippen LogP contribution in [0.15, 0.2) is 35.0 Å². The van der Waals surface area contributed by atoms with Gasteiger partial charge >= 0.3 is 0 Å². The Bertz CT molecular complexity index is 627. The van der Waals surface area contributed by atoms with E-state index >= 15 is 0 Å². The number of rotatable bonds is 2. The lowest BCUT2D eigenvalue weighted by Crippen LogP contribution is -2.31. The van der Waals surface area contributed by atoms with Gasteiger partial charge in [-0.2, -0.15) is 11.3 Å². The van der Waals surface area contributed by atoms with Gasteiger partial charge in [-0.05, 0) is 47.4 Å². The van der Waals surface area contributed by atoms with Gasteiger partial charge in [-0.3, -0.25) is 4.79 Å². The maximum atomic E-state index is 13.5. The summed E-state index contributed by atoms with van der Waals surface area (Å²) in [6, 6.07) is 6.50. The van der Waals surface area contributed by atoms with Crippen molar-refractivity contribution in [3.05, 3.63) is 52.0 Å². The quantitative estimate of drug-likeness (QED) is 0.861. The maximum Gasteiger partial charge on any atom is 0.256 e. The first-order valence-corrected chi connectivity index (χ1v) is 7.50. The number of anilines is 1. The summed E-state index contributed by atoms with van der Waals surface area (Å²) in [5.41, 5.74) is 7.04. The molecule has 104 valence electrons. The molecule has 1 amide bonds. The second-order valence-corrected chi connectivity index (χ2v) is 5.69. The minimum absolute atomic E-state index is 0.0616. The largest absolute Gasteiger partial charge is 0.396 e. The van der Waals surface area contributed by atoms with Crippen molar-refractivity contribution in [3.63, 3.8) is 0 Å². The molecule has 0 saturated carbocycles. The molecule has 3 nitrogen and oxygen atoms in total. The highest BCUT2D eigenvalue weighted by Crippen LogP contribution is 2.35. The maximum absolute atomic E-state index is 13.5. The molecule has 20 heavy (non-hydrogen) atoms. The second kappa shape index (κ2) is 5.25. The summed E-state index contributed by atoms with van der Waals surface area (Å²) in [4.78, 5) is 14.4. The third kappa shape index (κ3) is 2.18. The monoisotopic (exact) mass is 290 g/mol. The van der Waals surface area contributed by atoms with Gasteiger partial charge in [0.1, 0.15) is 5.82 Å². The highest BCUT2D eigenvalue weighted by Gasteiger charge is 2.31. The Balaban J connectivity index is 1.92. The number of carbonyl (C=O) groups is 1. The lowest BCUT2D eigenvalue weighted by Gasteiger charge is -2.25. The Morgan fingerprint density at radius 3 is 3.00 bits per heavy atom. The van der Waals surface area contributed by atoms with E-state index in [4.69, 9.17) is 5.73 Å². The third-order valence-electron chi connectivity index (χ3n) is 3.72. The van der Waals surface area contributed by atoms with Crippen LogP contribution in [0, 0.1) is 5.82 Å². The van der Waals surface area contributed by atoms with E-state index in [1.807, 2.05) is 11.4 Å². The lowest BCUT2D eigenvalue weighted by atomic mass is 10.1. The highest BCUT2D eigenvalue weighted by molar-refractivity contribution is 7.07. The number of likely N-dealkylation sites (tertiary alicyclic amines) is 1. The van der Waals surface area contributed by atoms with E-state index < -0.39 is 5.82 Å². The van der Waals surface area contributed by atoms with Gasteiger partial charge in [0.2, 0.25) is 0 Å². The number of benzene rings is 1. The minimum Gasteiger partial charge on any atom is -0.396 e. The van der Waals surface area contributed by atoms with E-state index in [2.05, 4.69) is 5.38 Å². The van der Waals surface area contributed by atoms with Crippen molar-refractivity contribution >= 4 is 22.9 Å². The van der Waals surface area contributed by atoms with E-state index in [0.717, 1.165) is 18.4 Å².